The van der Waals surface area contributed by atoms with E-state index in [-0.39, 0.29) is 24.4 Å². The molecule has 1 atom stereocenters. The SMILES string of the molecule is CC(C)c1cccc(N(C)C(=O)C2CNCCO2)c1.Cl. The Bertz CT molecular complexity index is 445. The molecule has 4 nitrogen and oxygen atoms in total. The molecule has 20 heavy (non-hydrogen) atoms. The van der Waals surface area contributed by atoms with Crippen LogP contribution in [0, 0.1) is 0 Å². The van der Waals surface area contributed by atoms with E-state index in [1.165, 1.54) is 5.56 Å². The normalized spacial score (nSPS) is 18.5. The van der Waals surface area contributed by atoms with E-state index in [0.717, 1.165) is 12.2 Å². The summed E-state index contributed by atoms with van der Waals surface area (Å²) in [5.41, 5.74) is 2.16. The van der Waals surface area contributed by atoms with Crippen molar-refractivity contribution in [3.8, 4) is 0 Å². The van der Waals surface area contributed by atoms with Gasteiger partial charge in [0.25, 0.3) is 5.91 Å². The molecule has 1 aromatic rings. The minimum absolute atomic E-state index is 0. The predicted octanol–water partition coefficient (Wildman–Crippen LogP) is 2.18. The summed E-state index contributed by atoms with van der Waals surface area (Å²) in [7, 11) is 1.81. The van der Waals surface area contributed by atoms with Crippen LogP contribution in [0.2, 0.25) is 0 Å². The maximum absolute atomic E-state index is 12.3. The molecule has 1 fully saturated rings. The number of anilines is 1. The standard InChI is InChI=1S/C15H22N2O2.ClH/c1-11(2)12-5-4-6-13(9-12)17(3)15(18)14-10-16-7-8-19-14;/h4-6,9,11,14,16H,7-8,10H2,1-3H3;1H. The Kier molecular flexibility index (Phi) is 6.46. The van der Waals surface area contributed by atoms with Crippen molar-refractivity contribution in [1.82, 2.24) is 5.32 Å². The average molecular weight is 299 g/mol. The topological polar surface area (TPSA) is 41.6 Å². The van der Waals surface area contributed by atoms with Crippen molar-refractivity contribution in [2.45, 2.75) is 25.9 Å². The molecule has 0 bridgehead atoms. The van der Waals surface area contributed by atoms with Gasteiger partial charge in [0, 0.05) is 25.8 Å². The largest absolute Gasteiger partial charge is 0.366 e. The van der Waals surface area contributed by atoms with E-state index in [2.05, 4.69) is 31.3 Å². The molecule has 1 heterocycles. The minimum Gasteiger partial charge on any atom is -0.366 e. The maximum Gasteiger partial charge on any atom is 0.257 e. The molecule has 0 spiro atoms. The predicted molar refractivity (Wildman–Crippen MR) is 83.8 cm³/mol. The van der Waals surface area contributed by atoms with Crippen LogP contribution in [-0.4, -0.2) is 38.8 Å². The van der Waals surface area contributed by atoms with Crippen LogP contribution in [-0.2, 0) is 9.53 Å². The van der Waals surface area contributed by atoms with Crippen LogP contribution in [0.15, 0.2) is 24.3 Å². The molecule has 0 radical (unpaired) electrons. The molecule has 1 saturated heterocycles. The van der Waals surface area contributed by atoms with Crippen molar-refractivity contribution in [3.05, 3.63) is 29.8 Å². The van der Waals surface area contributed by atoms with E-state index < -0.39 is 0 Å². The number of hydrogen-bond donors (Lipinski definition) is 1. The zero-order chi connectivity index (χ0) is 13.8. The summed E-state index contributed by atoms with van der Waals surface area (Å²) in [5, 5.41) is 3.18. The lowest BCUT2D eigenvalue weighted by Gasteiger charge is -2.27. The first kappa shape index (κ1) is 17.0. The van der Waals surface area contributed by atoms with Gasteiger partial charge in [-0.2, -0.15) is 0 Å². The molecule has 1 N–H and O–H groups in total. The molecule has 1 aliphatic rings. The van der Waals surface area contributed by atoms with Gasteiger partial charge in [-0.3, -0.25) is 4.79 Å². The Morgan fingerprint density at radius 3 is 2.80 bits per heavy atom. The molecule has 0 aliphatic carbocycles. The molecular weight excluding hydrogens is 276 g/mol. The van der Waals surface area contributed by atoms with Crippen LogP contribution < -0.4 is 10.2 Å². The minimum atomic E-state index is -0.374. The number of rotatable bonds is 3. The zero-order valence-corrected chi connectivity index (χ0v) is 13.1. The summed E-state index contributed by atoms with van der Waals surface area (Å²) < 4.78 is 5.51. The molecule has 0 saturated carbocycles. The maximum atomic E-state index is 12.3. The van der Waals surface area contributed by atoms with Crippen LogP contribution >= 0.6 is 12.4 Å². The van der Waals surface area contributed by atoms with Crippen LogP contribution in [0.25, 0.3) is 0 Å². The first-order chi connectivity index (χ1) is 9.09. The number of carbonyl (C=O) groups is 1. The van der Waals surface area contributed by atoms with E-state index in [9.17, 15) is 4.79 Å². The zero-order valence-electron chi connectivity index (χ0n) is 12.3. The van der Waals surface area contributed by atoms with Gasteiger partial charge in [0.05, 0.1) is 6.61 Å². The van der Waals surface area contributed by atoms with Crippen LogP contribution in [0.1, 0.15) is 25.3 Å². The number of amides is 1. The van der Waals surface area contributed by atoms with Crippen molar-refractivity contribution in [2.75, 3.05) is 31.6 Å². The fraction of sp³-hybridized carbons (Fsp3) is 0.533. The average Bonchev–Trinajstić information content (AvgIpc) is 2.46. The number of morpholine rings is 1. The van der Waals surface area contributed by atoms with Crippen LogP contribution in [0.5, 0.6) is 0 Å². The number of halogens is 1. The lowest BCUT2D eigenvalue weighted by Crippen LogP contribution is -2.48. The number of ether oxygens (including phenoxy) is 1. The first-order valence-corrected chi connectivity index (χ1v) is 6.79. The van der Waals surface area contributed by atoms with Crippen molar-refractivity contribution in [3.63, 3.8) is 0 Å². The van der Waals surface area contributed by atoms with Crippen LogP contribution in [0.3, 0.4) is 0 Å². The summed E-state index contributed by atoms with van der Waals surface area (Å²) >= 11 is 0. The number of carbonyl (C=O) groups excluding carboxylic acids is 1. The van der Waals surface area contributed by atoms with Gasteiger partial charge in [0.15, 0.2) is 0 Å². The summed E-state index contributed by atoms with van der Waals surface area (Å²) in [5.74, 6) is 0.462. The molecule has 112 valence electrons. The second-order valence-corrected chi connectivity index (χ2v) is 5.21. The molecule has 2 rings (SSSR count). The Hall–Kier alpha value is -1.10. The van der Waals surface area contributed by atoms with Crippen molar-refractivity contribution >= 4 is 24.0 Å². The molecule has 1 unspecified atom stereocenters. The van der Waals surface area contributed by atoms with Gasteiger partial charge >= 0.3 is 0 Å². The number of hydrogen-bond acceptors (Lipinski definition) is 3. The monoisotopic (exact) mass is 298 g/mol. The first-order valence-electron chi connectivity index (χ1n) is 6.79. The van der Waals surface area contributed by atoms with E-state index in [1.54, 1.807) is 11.9 Å². The van der Waals surface area contributed by atoms with E-state index in [0.29, 0.717) is 19.1 Å². The second-order valence-electron chi connectivity index (χ2n) is 5.21. The van der Waals surface area contributed by atoms with Gasteiger partial charge in [-0.15, -0.1) is 12.4 Å². The van der Waals surface area contributed by atoms with Gasteiger partial charge in [-0.25, -0.2) is 0 Å². The van der Waals surface area contributed by atoms with Crippen LogP contribution in [0.4, 0.5) is 5.69 Å². The molecule has 0 aromatic heterocycles. The fourth-order valence-corrected chi connectivity index (χ4v) is 2.16. The summed E-state index contributed by atoms with van der Waals surface area (Å²) in [6, 6.07) is 8.11. The molecular formula is C15H23ClN2O2. The quantitative estimate of drug-likeness (QED) is 0.930. The molecule has 1 aliphatic heterocycles. The third kappa shape index (κ3) is 3.95. The third-order valence-corrected chi connectivity index (χ3v) is 3.46. The van der Waals surface area contributed by atoms with Gasteiger partial charge in [0.1, 0.15) is 6.10 Å². The van der Waals surface area contributed by atoms with Gasteiger partial charge < -0.3 is 15.0 Å². The lowest BCUT2D eigenvalue weighted by molar-refractivity contribution is -0.131. The molecule has 1 amide bonds. The van der Waals surface area contributed by atoms with E-state index >= 15 is 0 Å². The van der Waals surface area contributed by atoms with Gasteiger partial charge in [0.2, 0.25) is 0 Å². The van der Waals surface area contributed by atoms with Crippen molar-refractivity contribution < 1.29 is 9.53 Å². The summed E-state index contributed by atoms with van der Waals surface area (Å²) in [6.45, 7) is 6.30. The number of nitrogens with one attached hydrogen (secondary N) is 1. The van der Waals surface area contributed by atoms with Crippen molar-refractivity contribution in [1.29, 1.82) is 0 Å². The third-order valence-electron chi connectivity index (χ3n) is 3.46. The Morgan fingerprint density at radius 2 is 2.20 bits per heavy atom. The highest BCUT2D eigenvalue weighted by Crippen LogP contribution is 2.21. The highest BCUT2D eigenvalue weighted by Gasteiger charge is 2.25. The summed E-state index contributed by atoms with van der Waals surface area (Å²) in [6.07, 6.45) is -0.374. The Balaban J connectivity index is 0.00000200. The number of likely N-dealkylation sites (N-methyl/N-ethyl adjacent to an activating group) is 1. The number of nitrogens with zero attached hydrogens (tertiary/aromatic N) is 1. The van der Waals surface area contributed by atoms with E-state index in [4.69, 9.17) is 4.74 Å². The second kappa shape index (κ2) is 7.62. The molecule has 1 aromatic carbocycles. The molecule has 5 heteroatoms. The number of benzene rings is 1. The Labute approximate surface area is 126 Å². The Morgan fingerprint density at radius 1 is 1.45 bits per heavy atom. The van der Waals surface area contributed by atoms with Gasteiger partial charge in [-0.1, -0.05) is 26.0 Å². The fourth-order valence-electron chi connectivity index (χ4n) is 2.16. The highest BCUT2D eigenvalue weighted by atomic mass is 35.5. The smallest absolute Gasteiger partial charge is 0.257 e. The van der Waals surface area contributed by atoms with Crippen molar-refractivity contribution in [2.24, 2.45) is 0 Å². The lowest BCUT2D eigenvalue weighted by atomic mass is 10.0. The highest BCUT2D eigenvalue weighted by molar-refractivity contribution is 5.96. The summed E-state index contributed by atoms with van der Waals surface area (Å²) in [4.78, 5) is 14.0. The van der Waals surface area contributed by atoms with Gasteiger partial charge in [-0.05, 0) is 23.6 Å². The van der Waals surface area contributed by atoms with E-state index in [1.807, 2.05) is 12.1 Å².